The molecular weight excluding hydrogens is 340 g/mol. The fourth-order valence-electron chi connectivity index (χ4n) is 3.95. The maximum absolute atomic E-state index is 9.27. The fourth-order valence-corrected chi connectivity index (χ4v) is 3.95. The summed E-state index contributed by atoms with van der Waals surface area (Å²) in [7, 11) is 0. The Morgan fingerprint density at radius 3 is 1.25 bits per heavy atom. The van der Waals surface area contributed by atoms with Crippen LogP contribution in [0.3, 0.4) is 0 Å². The minimum absolute atomic E-state index is 0.488. The molecule has 0 saturated heterocycles. The molecule has 0 aliphatic rings. The highest BCUT2D eigenvalue weighted by atomic mass is 14.3. The van der Waals surface area contributed by atoms with E-state index in [0.717, 1.165) is 12.8 Å². The van der Waals surface area contributed by atoms with E-state index in [1.54, 1.807) is 0 Å². The van der Waals surface area contributed by atoms with Crippen LogP contribution in [0.1, 0.15) is 113 Å². The summed E-state index contributed by atoms with van der Waals surface area (Å²) in [4.78, 5) is 0. The standard InChI is InChI=1S/C26H40N2/c1-3-5-7-9-11-13-15-23-21-26(18-20-28)24(22-25(23)17-19-27)16-14-12-10-8-6-4-2/h21-22H,3-18H2,1-2H3. The van der Waals surface area contributed by atoms with E-state index in [4.69, 9.17) is 0 Å². The van der Waals surface area contributed by atoms with Gasteiger partial charge in [-0.05, 0) is 47.9 Å². The van der Waals surface area contributed by atoms with Crippen LogP contribution in [-0.2, 0) is 25.7 Å². The van der Waals surface area contributed by atoms with Crippen molar-refractivity contribution < 1.29 is 0 Å². The molecule has 0 heterocycles. The third kappa shape index (κ3) is 9.94. The van der Waals surface area contributed by atoms with Crippen molar-refractivity contribution in [1.29, 1.82) is 10.5 Å². The van der Waals surface area contributed by atoms with E-state index in [1.165, 1.54) is 99.3 Å². The van der Waals surface area contributed by atoms with Gasteiger partial charge in [-0.1, -0.05) is 90.2 Å². The topological polar surface area (TPSA) is 47.6 Å². The average Bonchev–Trinajstić information content (AvgIpc) is 2.70. The van der Waals surface area contributed by atoms with Gasteiger partial charge in [-0.3, -0.25) is 0 Å². The Labute approximate surface area is 174 Å². The minimum atomic E-state index is 0.488. The Balaban J connectivity index is 2.71. The third-order valence-corrected chi connectivity index (χ3v) is 5.66. The molecule has 0 bridgehead atoms. The zero-order chi connectivity index (χ0) is 20.5. The van der Waals surface area contributed by atoms with Gasteiger partial charge in [0.05, 0.1) is 25.0 Å². The van der Waals surface area contributed by atoms with Crippen molar-refractivity contribution in [3.05, 3.63) is 34.4 Å². The molecule has 0 unspecified atom stereocenters. The van der Waals surface area contributed by atoms with Gasteiger partial charge in [0.15, 0.2) is 0 Å². The number of nitrogens with zero attached hydrogens (tertiary/aromatic N) is 2. The molecule has 154 valence electrons. The molecular formula is C26H40N2. The normalized spacial score (nSPS) is 10.6. The monoisotopic (exact) mass is 380 g/mol. The lowest BCUT2D eigenvalue weighted by atomic mass is 9.90. The Bertz CT molecular complexity index is 563. The first-order chi connectivity index (χ1) is 13.8. The molecule has 1 aromatic carbocycles. The summed E-state index contributed by atoms with van der Waals surface area (Å²) in [6.45, 7) is 4.50. The van der Waals surface area contributed by atoms with Gasteiger partial charge in [-0.25, -0.2) is 0 Å². The second kappa shape index (κ2) is 16.2. The molecule has 0 aliphatic heterocycles. The summed E-state index contributed by atoms with van der Waals surface area (Å²) in [6.07, 6.45) is 18.5. The van der Waals surface area contributed by atoms with Crippen molar-refractivity contribution in [3.63, 3.8) is 0 Å². The quantitative estimate of drug-likeness (QED) is 0.277. The molecule has 1 aromatic rings. The molecule has 0 atom stereocenters. The smallest absolute Gasteiger partial charge is 0.0669 e. The van der Waals surface area contributed by atoms with Gasteiger partial charge in [0.1, 0.15) is 0 Å². The second-order valence-electron chi connectivity index (χ2n) is 8.09. The van der Waals surface area contributed by atoms with Crippen LogP contribution in [0.15, 0.2) is 12.1 Å². The summed E-state index contributed by atoms with van der Waals surface area (Å²) >= 11 is 0. The van der Waals surface area contributed by atoms with Crippen molar-refractivity contribution in [2.75, 3.05) is 0 Å². The van der Waals surface area contributed by atoms with Crippen LogP contribution in [0, 0.1) is 22.7 Å². The Morgan fingerprint density at radius 2 is 0.893 bits per heavy atom. The molecule has 0 aliphatic carbocycles. The lowest BCUT2D eigenvalue weighted by Gasteiger charge is -2.14. The van der Waals surface area contributed by atoms with Crippen LogP contribution in [-0.4, -0.2) is 0 Å². The maximum atomic E-state index is 9.27. The van der Waals surface area contributed by atoms with Crippen LogP contribution in [0.2, 0.25) is 0 Å². The SMILES string of the molecule is CCCCCCCCc1cc(CC#N)c(CCCCCCCC)cc1CC#N. The average molecular weight is 381 g/mol. The van der Waals surface area contributed by atoms with E-state index < -0.39 is 0 Å². The van der Waals surface area contributed by atoms with Gasteiger partial charge < -0.3 is 0 Å². The zero-order valence-corrected chi connectivity index (χ0v) is 18.4. The fraction of sp³-hybridized carbons (Fsp3) is 0.692. The van der Waals surface area contributed by atoms with E-state index in [9.17, 15) is 10.5 Å². The van der Waals surface area contributed by atoms with E-state index in [2.05, 4.69) is 38.1 Å². The highest BCUT2D eigenvalue weighted by Gasteiger charge is 2.10. The number of benzene rings is 1. The first-order valence-electron chi connectivity index (χ1n) is 11.6. The molecule has 0 aromatic heterocycles. The van der Waals surface area contributed by atoms with Gasteiger partial charge in [-0.15, -0.1) is 0 Å². The Kier molecular flexibility index (Phi) is 14.0. The van der Waals surface area contributed by atoms with Crippen LogP contribution in [0.4, 0.5) is 0 Å². The summed E-state index contributed by atoms with van der Waals surface area (Å²) in [5, 5.41) is 18.5. The van der Waals surface area contributed by atoms with Crippen molar-refractivity contribution in [1.82, 2.24) is 0 Å². The van der Waals surface area contributed by atoms with Gasteiger partial charge >= 0.3 is 0 Å². The lowest BCUT2D eigenvalue weighted by Crippen LogP contribution is -2.02. The maximum Gasteiger partial charge on any atom is 0.0669 e. The number of nitriles is 2. The number of unbranched alkanes of at least 4 members (excludes halogenated alkanes) is 10. The summed E-state index contributed by atoms with van der Waals surface area (Å²) in [5.41, 5.74) is 4.99. The molecule has 0 radical (unpaired) electrons. The Hall–Kier alpha value is -1.80. The van der Waals surface area contributed by atoms with Gasteiger partial charge in [-0.2, -0.15) is 10.5 Å². The van der Waals surface area contributed by atoms with Crippen molar-refractivity contribution in [2.45, 2.75) is 117 Å². The number of hydrogen-bond acceptors (Lipinski definition) is 2. The van der Waals surface area contributed by atoms with Gasteiger partial charge in [0, 0.05) is 0 Å². The first kappa shape index (κ1) is 24.2. The predicted molar refractivity (Wildman–Crippen MR) is 119 cm³/mol. The summed E-state index contributed by atoms with van der Waals surface area (Å²) in [6, 6.07) is 9.18. The predicted octanol–water partition coefficient (Wildman–Crippen LogP) is 7.62. The van der Waals surface area contributed by atoms with Crippen molar-refractivity contribution in [3.8, 4) is 12.1 Å². The summed E-state index contributed by atoms with van der Waals surface area (Å²) in [5.74, 6) is 0. The third-order valence-electron chi connectivity index (χ3n) is 5.66. The van der Waals surface area contributed by atoms with E-state index >= 15 is 0 Å². The van der Waals surface area contributed by atoms with Crippen molar-refractivity contribution in [2.24, 2.45) is 0 Å². The Morgan fingerprint density at radius 1 is 0.536 bits per heavy atom. The highest BCUT2D eigenvalue weighted by Crippen LogP contribution is 2.23. The molecule has 0 spiro atoms. The summed E-state index contributed by atoms with van der Waals surface area (Å²) < 4.78 is 0. The molecule has 0 amide bonds. The number of hydrogen-bond donors (Lipinski definition) is 0. The largest absolute Gasteiger partial charge is 0.198 e. The number of aryl methyl sites for hydroxylation is 2. The molecule has 0 fully saturated rings. The van der Waals surface area contributed by atoms with Crippen LogP contribution >= 0.6 is 0 Å². The van der Waals surface area contributed by atoms with Crippen molar-refractivity contribution >= 4 is 0 Å². The molecule has 0 N–H and O–H groups in total. The first-order valence-corrected chi connectivity index (χ1v) is 11.6. The van der Waals surface area contributed by atoms with Crippen LogP contribution in [0.5, 0.6) is 0 Å². The second-order valence-corrected chi connectivity index (χ2v) is 8.09. The molecule has 2 nitrogen and oxygen atoms in total. The van der Waals surface area contributed by atoms with Crippen LogP contribution in [0.25, 0.3) is 0 Å². The van der Waals surface area contributed by atoms with Gasteiger partial charge in [0.2, 0.25) is 0 Å². The molecule has 1 rings (SSSR count). The number of rotatable bonds is 16. The van der Waals surface area contributed by atoms with Crippen LogP contribution < -0.4 is 0 Å². The van der Waals surface area contributed by atoms with E-state index in [-0.39, 0.29) is 0 Å². The lowest BCUT2D eigenvalue weighted by molar-refractivity contribution is 0.604. The highest BCUT2D eigenvalue weighted by molar-refractivity contribution is 5.41. The zero-order valence-electron chi connectivity index (χ0n) is 18.4. The minimum Gasteiger partial charge on any atom is -0.198 e. The van der Waals surface area contributed by atoms with Gasteiger partial charge in [0.25, 0.3) is 0 Å². The molecule has 2 heteroatoms. The molecule has 0 saturated carbocycles. The van der Waals surface area contributed by atoms with E-state index in [0.29, 0.717) is 12.8 Å². The molecule has 28 heavy (non-hydrogen) atoms. The van der Waals surface area contributed by atoms with E-state index in [1.807, 2.05) is 0 Å².